The van der Waals surface area contributed by atoms with E-state index in [9.17, 15) is 4.79 Å². The molecule has 1 saturated carbocycles. The molecule has 19 heavy (non-hydrogen) atoms. The van der Waals surface area contributed by atoms with Crippen molar-refractivity contribution in [3.05, 3.63) is 24.4 Å². The third-order valence-corrected chi connectivity index (χ3v) is 4.79. The van der Waals surface area contributed by atoms with E-state index in [1.165, 1.54) is 31.0 Å². The lowest BCUT2D eigenvalue weighted by Gasteiger charge is -2.30. The van der Waals surface area contributed by atoms with Crippen molar-refractivity contribution in [2.24, 2.45) is 5.92 Å². The molecule has 0 radical (unpaired) electrons. The van der Waals surface area contributed by atoms with E-state index in [4.69, 9.17) is 0 Å². The predicted molar refractivity (Wildman–Crippen MR) is 79.1 cm³/mol. The van der Waals surface area contributed by atoms with Gasteiger partial charge in [-0.05, 0) is 37.8 Å². The Labute approximate surface area is 119 Å². The molecule has 1 heterocycles. The fourth-order valence-corrected chi connectivity index (χ4v) is 3.30. The van der Waals surface area contributed by atoms with E-state index < -0.39 is 0 Å². The van der Waals surface area contributed by atoms with E-state index in [2.05, 4.69) is 17.2 Å². The molecule has 1 N–H and O–H groups in total. The van der Waals surface area contributed by atoms with Crippen molar-refractivity contribution < 1.29 is 4.79 Å². The van der Waals surface area contributed by atoms with Crippen molar-refractivity contribution in [1.82, 2.24) is 10.3 Å². The first-order valence-electron chi connectivity index (χ1n) is 7.05. The van der Waals surface area contributed by atoms with Crippen molar-refractivity contribution in [2.45, 2.75) is 55.8 Å². The molecule has 2 rings (SSSR count). The first kappa shape index (κ1) is 14.4. The first-order valence-corrected chi connectivity index (χ1v) is 7.93. The summed E-state index contributed by atoms with van der Waals surface area (Å²) in [6, 6.07) is 6.13. The molecule has 1 amide bonds. The minimum atomic E-state index is -0.0935. The number of nitrogens with one attached hydrogen (secondary N) is 1. The summed E-state index contributed by atoms with van der Waals surface area (Å²) in [5.74, 6) is 0.735. The summed E-state index contributed by atoms with van der Waals surface area (Å²) in [5.41, 5.74) is 0. The highest BCUT2D eigenvalue weighted by Crippen LogP contribution is 2.25. The quantitative estimate of drug-likeness (QED) is 0.860. The first-order chi connectivity index (χ1) is 9.16. The summed E-state index contributed by atoms with van der Waals surface area (Å²) in [7, 11) is 0. The molecule has 0 aromatic carbocycles. The number of rotatable bonds is 4. The fourth-order valence-electron chi connectivity index (χ4n) is 2.48. The Hall–Kier alpha value is -1.03. The third-order valence-electron chi connectivity index (χ3n) is 3.74. The van der Waals surface area contributed by atoms with Gasteiger partial charge in [0, 0.05) is 12.2 Å². The van der Waals surface area contributed by atoms with Crippen LogP contribution < -0.4 is 5.32 Å². The Balaban J connectivity index is 1.85. The monoisotopic (exact) mass is 278 g/mol. The van der Waals surface area contributed by atoms with E-state index in [-0.39, 0.29) is 11.2 Å². The van der Waals surface area contributed by atoms with Crippen molar-refractivity contribution in [1.29, 1.82) is 0 Å². The minimum Gasteiger partial charge on any atom is -0.352 e. The van der Waals surface area contributed by atoms with Gasteiger partial charge >= 0.3 is 0 Å². The van der Waals surface area contributed by atoms with Crippen LogP contribution in [-0.2, 0) is 4.79 Å². The van der Waals surface area contributed by atoms with Gasteiger partial charge in [-0.15, -0.1) is 0 Å². The summed E-state index contributed by atoms with van der Waals surface area (Å²) in [5, 5.41) is 4.01. The van der Waals surface area contributed by atoms with E-state index in [0.29, 0.717) is 12.0 Å². The van der Waals surface area contributed by atoms with Gasteiger partial charge in [-0.3, -0.25) is 4.79 Å². The minimum absolute atomic E-state index is 0.0935. The molecule has 1 aromatic rings. The lowest BCUT2D eigenvalue weighted by atomic mass is 9.86. The normalized spacial score (nSPS) is 24.7. The van der Waals surface area contributed by atoms with Crippen LogP contribution in [0.2, 0.25) is 0 Å². The van der Waals surface area contributed by atoms with E-state index in [1.807, 2.05) is 25.1 Å². The fraction of sp³-hybridized carbons (Fsp3) is 0.600. The highest BCUT2D eigenvalue weighted by atomic mass is 32.2. The highest BCUT2D eigenvalue weighted by molar-refractivity contribution is 8.00. The molecule has 1 fully saturated rings. The van der Waals surface area contributed by atoms with Gasteiger partial charge in [0.2, 0.25) is 5.91 Å². The molecular formula is C15H22N2OS. The van der Waals surface area contributed by atoms with Crippen molar-refractivity contribution in [3.8, 4) is 0 Å². The summed E-state index contributed by atoms with van der Waals surface area (Å²) >= 11 is 1.52. The molecule has 1 aliphatic carbocycles. The molecule has 3 nitrogen and oxygen atoms in total. The summed E-state index contributed by atoms with van der Waals surface area (Å²) in [6.07, 6.45) is 6.64. The maximum absolute atomic E-state index is 12.2. The Kier molecular flexibility index (Phi) is 5.25. The largest absolute Gasteiger partial charge is 0.352 e. The molecule has 1 aliphatic rings. The van der Waals surface area contributed by atoms with E-state index in [1.54, 1.807) is 6.20 Å². The van der Waals surface area contributed by atoms with Gasteiger partial charge in [-0.25, -0.2) is 4.98 Å². The second-order valence-electron chi connectivity index (χ2n) is 5.30. The van der Waals surface area contributed by atoms with Crippen LogP contribution in [0.15, 0.2) is 29.4 Å². The van der Waals surface area contributed by atoms with Crippen molar-refractivity contribution in [2.75, 3.05) is 0 Å². The number of hydrogen-bond donors (Lipinski definition) is 1. The maximum atomic E-state index is 12.2. The molecule has 0 spiro atoms. The van der Waals surface area contributed by atoms with Gasteiger partial charge in [0.15, 0.2) is 0 Å². The summed E-state index contributed by atoms with van der Waals surface area (Å²) < 4.78 is 0. The van der Waals surface area contributed by atoms with Crippen LogP contribution >= 0.6 is 11.8 Å². The van der Waals surface area contributed by atoms with Crippen LogP contribution in [-0.4, -0.2) is 22.2 Å². The molecule has 0 saturated heterocycles. The lowest BCUT2D eigenvalue weighted by molar-refractivity contribution is -0.121. The molecule has 1 aromatic heterocycles. The predicted octanol–water partition coefficient (Wildman–Crippen LogP) is 3.26. The average molecular weight is 278 g/mol. The molecule has 3 atom stereocenters. The Morgan fingerprint density at radius 1 is 1.42 bits per heavy atom. The number of carbonyl (C=O) groups is 1. The highest BCUT2D eigenvalue weighted by Gasteiger charge is 2.25. The number of amides is 1. The Morgan fingerprint density at radius 2 is 2.21 bits per heavy atom. The Morgan fingerprint density at radius 3 is 2.89 bits per heavy atom. The molecule has 4 heteroatoms. The second-order valence-corrected chi connectivity index (χ2v) is 6.67. The standard InChI is InChI=1S/C15H22N2OS/c1-11-7-3-4-8-13(11)17-15(18)12(2)19-14-9-5-6-10-16-14/h5-6,9-13H,3-4,7-8H2,1-2H3,(H,17,18)/t11-,12+,13+/m1/s1. The number of carbonyl (C=O) groups excluding carboxylic acids is 1. The average Bonchev–Trinajstić information content (AvgIpc) is 2.42. The zero-order valence-corrected chi connectivity index (χ0v) is 12.5. The summed E-state index contributed by atoms with van der Waals surface area (Å²) in [6.45, 7) is 4.18. The number of hydrogen-bond acceptors (Lipinski definition) is 3. The number of thioether (sulfide) groups is 1. The van der Waals surface area contributed by atoms with Crippen molar-refractivity contribution >= 4 is 17.7 Å². The Bertz CT molecular complexity index is 410. The number of pyridine rings is 1. The zero-order valence-electron chi connectivity index (χ0n) is 11.6. The SMILES string of the molecule is C[C@H](Sc1ccccn1)C(=O)N[C@H]1CCCC[C@H]1C. The van der Waals surface area contributed by atoms with Gasteiger partial charge in [0.1, 0.15) is 0 Å². The smallest absolute Gasteiger partial charge is 0.233 e. The number of aromatic nitrogens is 1. The van der Waals surface area contributed by atoms with Crippen molar-refractivity contribution in [3.63, 3.8) is 0 Å². The molecule has 104 valence electrons. The number of nitrogens with zero attached hydrogens (tertiary/aromatic N) is 1. The van der Waals surface area contributed by atoms with Crippen LogP contribution in [0.4, 0.5) is 0 Å². The van der Waals surface area contributed by atoms with Gasteiger partial charge in [-0.1, -0.05) is 37.6 Å². The maximum Gasteiger partial charge on any atom is 0.233 e. The van der Waals surface area contributed by atoms with Gasteiger partial charge < -0.3 is 5.32 Å². The van der Waals surface area contributed by atoms with Gasteiger partial charge in [0.25, 0.3) is 0 Å². The topological polar surface area (TPSA) is 42.0 Å². The molecule has 0 aliphatic heterocycles. The van der Waals surface area contributed by atoms with E-state index >= 15 is 0 Å². The molecule has 0 bridgehead atoms. The summed E-state index contributed by atoms with van der Waals surface area (Å²) in [4.78, 5) is 16.4. The zero-order chi connectivity index (χ0) is 13.7. The molecular weight excluding hydrogens is 256 g/mol. The van der Waals surface area contributed by atoms with Crippen LogP contribution in [0.3, 0.4) is 0 Å². The van der Waals surface area contributed by atoms with E-state index in [0.717, 1.165) is 11.4 Å². The second kappa shape index (κ2) is 6.94. The van der Waals surface area contributed by atoms with Crippen LogP contribution in [0.5, 0.6) is 0 Å². The van der Waals surface area contributed by atoms with Gasteiger partial charge in [0.05, 0.1) is 10.3 Å². The van der Waals surface area contributed by atoms with Gasteiger partial charge in [-0.2, -0.15) is 0 Å². The van der Waals surface area contributed by atoms with Crippen LogP contribution in [0, 0.1) is 5.92 Å². The third kappa shape index (κ3) is 4.23. The molecule has 0 unspecified atom stereocenters. The lowest BCUT2D eigenvalue weighted by Crippen LogP contribution is -2.44. The van der Waals surface area contributed by atoms with Crippen LogP contribution in [0.25, 0.3) is 0 Å². The van der Waals surface area contributed by atoms with Crippen LogP contribution in [0.1, 0.15) is 39.5 Å².